The van der Waals surface area contributed by atoms with Crippen LogP contribution in [0.2, 0.25) is 0 Å². The van der Waals surface area contributed by atoms with E-state index in [-0.39, 0.29) is 5.92 Å². The zero-order chi connectivity index (χ0) is 21.1. The molecule has 3 nitrogen and oxygen atoms in total. The number of aromatic amines is 3. The van der Waals surface area contributed by atoms with Crippen LogP contribution in [0, 0.1) is 20.8 Å². The number of fused-ring (bicyclic) bond motifs is 3. The standard InChI is InChI=1S/C28H25N3/c1-16-12-13-23-26(17(16)2)18(3)28(31-23)27(24-14-19-8-4-6-10-21(19)29-24)25-15-20-9-5-7-11-22(20)30-25/h4-15,27,29-31H,1-3H3. The summed E-state index contributed by atoms with van der Waals surface area (Å²) >= 11 is 0. The number of aryl methyl sites for hydroxylation is 3. The molecule has 152 valence electrons. The quantitative estimate of drug-likeness (QED) is 0.279. The Kier molecular flexibility index (Phi) is 3.87. The van der Waals surface area contributed by atoms with Crippen molar-refractivity contribution < 1.29 is 0 Å². The average Bonchev–Trinajstić information content (AvgIpc) is 3.47. The van der Waals surface area contributed by atoms with Gasteiger partial charge >= 0.3 is 0 Å². The van der Waals surface area contributed by atoms with Crippen LogP contribution in [0.3, 0.4) is 0 Å². The van der Waals surface area contributed by atoms with Gasteiger partial charge in [-0.2, -0.15) is 0 Å². The van der Waals surface area contributed by atoms with Gasteiger partial charge in [0.1, 0.15) is 0 Å². The third kappa shape index (κ3) is 2.73. The molecule has 0 aliphatic rings. The fourth-order valence-electron chi connectivity index (χ4n) is 5.05. The molecule has 0 amide bonds. The van der Waals surface area contributed by atoms with Gasteiger partial charge in [0.05, 0.1) is 5.92 Å². The van der Waals surface area contributed by atoms with E-state index in [4.69, 9.17) is 0 Å². The SMILES string of the molecule is Cc1ccc2[nH]c(C(c3cc4ccccc4[nH]3)c3cc4ccccc4[nH]3)c(C)c2c1C. The van der Waals surface area contributed by atoms with Crippen LogP contribution in [0.5, 0.6) is 0 Å². The van der Waals surface area contributed by atoms with Crippen molar-refractivity contribution in [1.82, 2.24) is 15.0 Å². The van der Waals surface area contributed by atoms with Crippen molar-refractivity contribution in [2.45, 2.75) is 26.7 Å². The van der Waals surface area contributed by atoms with E-state index in [0.717, 1.165) is 0 Å². The Balaban J connectivity index is 1.65. The maximum absolute atomic E-state index is 3.78. The number of benzene rings is 3. The molecule has 0 saturated heterocycles. The van der Waals surface area contributed by atoms with Crippen LogP contribution in [0.4, 0.5) is 0 Å². The molecule has 0 fully saturated rings. The lowest BCUT2D eigenvalue weighted by atomic mass is 9.93. The van der Waals surface area contributed by atoms with Crippen LogP contribution in [0.25, 0.3) is 32.7 Å². The van der Waals surface area contributed by atoms with Crippen LogP contribution >= 0.6 is 0 Å². The number of H-pyrrole nitrogens is 3. The van der Waals surface area contributed by atoms with Gasteiger partial charge in [-0.15, -0.1) is 0 Å². The van der Waals surface area contributed by atoms with Crippen LogP contribution in [-0.4, -0.2) is 15.0 Å². The number of rotatable bonds is 3. The lowest BCUT2D eigenvalue weighted by Crippen LogP contribution is -2.06. The summed E-state index contributed by atoms with van der Waals surface area (Å²) in [5.74, 6) is 0.0620. The molecule has 0 bridgehead atoms. The third-order valence-corrected chi connectivity index (χ3v) is 6.80. The van der Waals surface area contributed by atoms with Crippen molar-refractivity contribution >= 4 is 32.7 Å². The van der Waals surface area contributed by atoms with Gasteiger partial charge in [0.2, 0.25) is 0 Å². The van der Waals surface area contributed by atoms with E-state index in [2.05, 4.69) is 109 Å². The van der Waals surface area contributed by atoms with Crippen LogP contribution in [0.15, 0.2) is 72.8 Å². The Morgan fingerprint density at radius 3 is 1.74 bits per heavy atom. The monoisotopic (exact) mass is 403 g/mol. The molecular formula is C28H25N3. The fraction of sp³-hybridized carbons (Fsp3) is 0.143. The fourth-order valence-corrected chi connectivity index (χ4v) is 5.05. The summed E-state index contributed by atoms with van der Waals surface area (Å²) in [6.07, 6.45) is 0. The summed E-state index contributed by atoms with van der Waals surface area (Å²) in [4.78, 5) is 11.2. The molecular weight excluding hydrogens is 378 g/mol. The summed E-state index contributed by atoms with van der Waals surface area (Å²) in [6.45, 7) is 6.66. The smallest absolute Gasteiger partial charge is 0.0795 e. The van der Waals surface area contributed by atoms with E-state index >= 15 is 0 Å². The predicted octanol–water partition coefficient (Wildman–Crippen LogP) is 7.24. The lowest BCUT2D eigenvalue weighted by Gasteiger charge is -2.15. The van der Waals surface area contributed by atoms with Crippen LogP contribution in [0.1, 0.15) is 39.7 Å². The number of aromatic nitrogens is 3. The Morgan fingerprint density at radius 1 is 0.581 bits per heavy atom. The maximum atomic E-state index is 3.78. The highest BCUT2D eigenvalue weighted by Crippen LogP contribution is 2.39. The van der Waals surface area contributed by atoms with Crippen molar-refractivity contribution in [3.63, 3.8) is 0 Å². The normalized spacial score (nSPS) is 12.0. The van der Waals surface area contributed by atoms with Gasteiger partial charge in [-0.05, 0) is 78.6 Å². The first kappa shape index (κ1) is 18.1. The van der Waals surface area contributed by atoms with Crippen molar-refractivity contribution in [2.75, 3.05) is 0 Å². The van der Waals surface area contributed by atoms with Gasteiger partial charge in [-0.3, -0.25) is 0 Å². The van der Waals surface area contributed by atoms with Gasteiger partial charge in [0, 0.05) is 39.0 Å². The van der Waals surface area contributed by atoms with Crippen molar-refractivity contribution in [3.8, 4) is 0 Å². The molecule has 6 rings (SSSR count). The maximum Gasteiger partial charge on any atom is 0.0795 e. The van der Waals surface area contributed by atoms with E-state index in [1.807, 2.05) is 0 Å². The first-order valence-corrected chi connectivity index (χ1v) is 10.8. The zero-order valence-corrected chi connectivity index (χ0v) is 18.0. The highest BCUT2D eigenvalue weighted by atomic mass is 14.8. The summed E-state index contributed by atoms with van der Waals surface area (Å²) in [5, 5.41) is 3.81. The Morgan fingerprint density at radius 2 is 1.16 bits per heavy atom. The molecule has 0 atom stereocenters. The van der Waals surface area contributed by atoms with Crippen molar-refractivity contribution in [2.24, 2.45) is 0 Å². The summed E-state index contributed by atoms with van der Waals surface area (Å²) < 4.78 is 0. The van der Waals surface area contributed by atoms with E-state index in [1.54, 1.807) is 0 Å². The molecule has 3 heterocycles. The van der Waals surface area contributed by atoms with Gasteiger partial charge < -0.3 is 15.0 Å². The highest BCUT2D eigenvalue weighted by molar-refractivity contribution is 5.90. The molecule has 3 N–H and O–H groups in total. The summed E-state index contributed by atoms with van der Waals surface area (Å²) in [5.41, 5.74) is 11.2. The van der Waals surface area contributed by atoms with Gasteiger partial charge in [-0.25, -0.2) is 0 Å². The van der Waals surface area contributed by atoms with E-state index in [1.165, 1.54) is 66.5 Å². The molecule has 3 aromatic carbocycles. The first-order valence-electron chi connectivity index (χ1n) is 10.8. The van der Waals surface area contributed by atoms with Crippen LogP contribution < -0.4 is 0 Å². The molecule has 0 radical (unpaired) electrons. The van der Waals surface area contributed by atoms with Gasteiger partial charge in [0.25, 0.3) is 0 Å². The Bertz CT molecular complexity index is 1430. The molecule has 3 heteroatoms. The van der Waals surface area contributed by atoms with E-state index in [0.29, 0.717) is 0 Å². The molecule has 0 aliphatic heterocycles. The topological polar surface area (TPSA) is 47.4 Å². The Hall–Kier alpha value is -3.72. The van der Waals surface area contributed by atoms with Crippen molar-refractivity contribution in [1.29, 1.82) is 0 Å². The zero-order valence-electron chi connectivity index (χ0n) is 18.0. The largest absolute Gasteiger partial charge is 0.358 e. The molecule has 0 unspecified atom stereocenters. The number of nitrogens with one attached hydrogen (secondary N) is 3. The Labute approximate surface area is 181 Å². The average molecular weight is 404 g/mol. The third-order valence-electron chi connectivity index (χ3n) is 6.80. The summed E-state index contributed by atoms with van der Waals surface area (Å²) in [6, 6.07) is 26.0. The molecule has 0 spiro atoms. The van der Waals surface area contributed by atoms with Gasteiger partial charge in [0.15, 0.2) is 0 Å². The minimum absolute atomic E-state index is 0.0620. The lowest BCUT2D eigenvalue weighted by molar-refractivity contribution is 0.869. The molecule has 0 saturated carbocycles. The molecule has 0 aliphatic carbocycles. The number of hydrogen-bond acceptors (Lipinski definition) is 0. The van der Waals surface area contributed by atoms with E-state index < -0.39 is 0 Å². The second kappa shape index (κ2) is 6.64. The number of para-hydroxylation sites is 2. The minimum Gasteiger partial charge on any atom is -0.358 e. The highest BCUT2D eigenvalue weighted by Gasteiger charge is 2.25. The second-order valence-corrected chi connectivity index (χ2v) is 8.65. The molecule has 3 aromatic heterocycles. The molecule has 31 heavy (non-hydrogen) atoms. The molecule has 6 aromatic rings. The second-order valence-electron chi connectivity index (χ2n) is 8.65. The van der Waals surface area contributed by atoms with Crippen molar-refractivity contribution in [3.05, 3.63) is 107 Å². The minimum atomic E-state index is 0.0620. The van der Waals surface area contributed by atoms with Crippen LogP contribution in [-0.2, 0) is 0 Å². The van der Waals surface area contributed by atoms with E-state index in [9.17, 15) is 0 Å². The first-order chi connectivity index (χ1) is 15.1. The van der Waals surface area contributed by atoms with Gasteiger partial charge in [-0.1, -0.05) is 42.5 Å². The predicted molar refractivity (Wildman–Crippen MR) is 130 cm³/mol. The number of hydrogen-bond donors (Lipinski definition) is 3. The summed E-state index contributed by atoms with van der Waals surface area (Å²) in [7, 11) is 0.